The molecule has 0 aromatic carbocycles. The normalized spacial score (nSPS) is 19.6. The van der Waals surface area contributed by atoms with Gasteiger partial charge in [0.15, 0.2) is 0 Å². The van der Waals surface area contributed by atoms with Crippen LogP contribution in [0.1, 0.15) is 46.5 Å². The van der Waals surface area contributed by atoms with E-state index in [4.69, 9.17) is 0 Å². The van der Waals surface area contributed by atoms with Crippen LogP contribution in [0.4, 0.5) is 0 Å². The summed E-state index contributed by atoms with van der Waals surface area (Å²) in [4.78, 5) is 19.0. The molecule has 1 aliphatic heterocycles. The Morgan fingerprint density at radius 1 is 1.53 bits per heavy atom. The molecular weight excluding hydrogens is 260 g/mol. The van der Waals surface area contributed by atoms with Gasteiger partial charge in [-0.15, -0.1) is 11.3 Å². The quantitative estimate of drug-likeness (QED) is 0.917. The van der Waals surface area contributed by atoms with Crippen molar-refractivity contribution in [2.24, 2.45) is 0 Å². The molecule has 2 aromatic rings. The lowest BCUT2D eigenvalue weighted by molar-refractivity contribution is 0.0605. The van der Waals surface area contributed by atoms with E-state index in [0.717, 1.165) is 36.5 Å². The van der Waals surface area contributed by atoms with E-state index in [0.29, 0.717) is 5.69 Å². The number of nitrogens with zero attached hydrogens (tertiary/aromatic N) is 3. The second-order valence-electron chi connectivity index (χ2n) is 4.81. The molecule has 3 rings (SSSR count). The molecule has 0 saturated carbocycles. The van der Waals surface area contributed by atoms with Gasteiger partial charge in [0, 0.05) is 23.8 Å². The highest BCUT2D eigenvalue weighted by atomic mass is 32.1. The number of rotatable bonds is 2. The van der Waals surface area contributed by atoms with Gasteiger partial charge in [0.1, 0.15) is 10.7 Å². The summed E-state index contributed by atoms with van der Waals surface area (Å²) in [6.45, 7) is 2.78. The van der Waals surface area contributed by atoms with Gasteiger partial charge >= 0.3 is 0 Å². The Bertz CT molecular complexity index is 563. The SMILES string of the molecule is Cc1csc([C@H]2CCCCN2C(=O)c2ccn[nH]2)n1. The molecule has 1 atom stereocenters. The van der Waals surface area contributed by atoms with Crippen LogP contribution in [0.15, 0.2) is 17.6 Å². The van der Waals surface area contributed by atoms with Crippen LogP contribution in [0, 0.1) is 6.92 Å². The van der Waals surface area contributed by atoms with Gasteiger partial charge < -0.3 is 4.90 Å². The number of nitrogens with one attached hydrogen (secondary N) is 1. The maximum absolute atomic E-state index is 12.5. The Balaban J connectivity index is 1.87. The molecule has 5 nitrogen and oxygen atoms in total. The minimum Gasteiger partial charge on any atom is -0.328 e. The van der Waals surface area contributed by atoms with Gasteiger partial charge in [-0.2, -0.15) is 5.10 Å². The molecule has 2 aromatic heterocycles. The lowest BCUT2D eigenvalue weighted by Gasteiger charge is -2.34. The van der Waals surface area contributed by atoms with E-state index in [1.807, 2.05) is 17.2 Å². The second kappa shape index (κ2) is 5.13. The van der Waals surface area contributed by atoms with Crippen LogP contribution in [-0.4, -0.2) is 32.5 Å². The molecule has 1 saturated heterocycles. The lowest BCUT2D eigenvalue weighted by atomic mass is 10.0. The number of likely N-dealkylation sites (tertiary alicyclic amines) is 1. The summed E-state index contributed by atoms with van der Waals surface area (Å²) < 4.78 is 0. The lowest BCUT2D eigenvalue weighted by Crippen LogP contribution is -2.38. The summed E-state index contributed by atoms with van der Waals surface area (Å²) in [6.07, 6.45) is 4.81. The first kappa shape index (κ1) is 12.3. The first-order valence-electron chi connectivity index (χ1n) is 6.48. The van der Waals surface area contributed by atoms with Crippen molar-refractivity contribution in [3.63, 3.8) is 0 Å². The minimum atomic E-state index is 0.0232. The summed E-state index contributed by atoms with van der Waals surface area (Å²) in [5, 5.41) is 9.70. The number of hydrogen-bond donors (Lipinski definition) is 1. The third-order valence-corrected chi connectivity index (χ3v) is 4.48. The van der Waals surface area contributed by atoms with E-state index in [-0.39, 0.29) is 11.9 Å². The number of carbonyl (C=O) groups excluding carboxylic acids is 1. The van der Waals surface area contributed by atoms with E-state index in [1.165, 1.54) is 0 Å². The summed E-state index contributed by atoms with van der Waals surface area (Å²) in [5.74, 6) is 0.0232. The summed E-state index contributed by atoms with van der Waals surface area (Å²) >= 11 is 1.64. The van der Waals surface area contributed by atoms with Crippen molar-refractivity contribution in [1.29, 1.82) is 0 Å². The first-order valence-corrected chi connectivity index (χ1v) is 7.36. The highest BCUT2D eigenvalue weighted by Crippen LogP contribution is 2.33. The molecule has 0 unspecified atom stereocenters. The summed E-state index contributed by atoms with van der Waals surface area (Å²) in [7, 11) is 0. The molecule has 0 radical (unpaired) electrons. The van der Waals surface area contributed by atoms with Crippen LogP contribution >= 0.6 is 11.3 Å². The van der Waals surface area contributed by atoms with Gasteiger partial charge in [0.25, 0.3) is 5.91 Å². The average molecular weight is 276 g/mol. The highest BCUT2D eigenvalue weighted by molar-refractivity contribution is 7.09. The van der Waals surface area contributed by atoms with Gasteiger partial charge in [0.2, 0.25) is 0 Å². The summed E-state index contributed by atoms with van der Waals surface area (Å²) in [5.41, 5.74) is 1.58. The molecule has 6 heteroatoms. The van der Waals surface area contributed by atoms with Gasteiger partial charge in [0.05, 0.1) is 6.04 Å². The van der Waals surface area contributed by atoms with Crippen LogP contribution in [0.2, 0.25) is 0 Å². The fourth-order valence-electron chi connectivity index (χ4n) is 2.49. The van der Waals surface area contributed by atoms with Crippen molar-refractivity contribution in [3.05, 3.63) is 34.0 Å². The third-order valence-electron chi connectivity index (χ3n) is 3.42. The molecular formula is C13H16N4OS. The molecule has 0 aliphatic carbocycles. The number of aryl methyl sites for hydroxylation is 1. The van der Waals surface area contributed by atoms with E-state index in [9.17, 15) is 4.79 Å². The maximum Gasteiger partial charge on any atom is 0.272 e. The number of amides is 1. The molecule has 1 aliphatic rings. The summed E-state index contributed by atoms with van der Waals surface area (Å²) in [6, 6.07) is 1.84. The zero-order valence-corrected chi connectivity index (χ0v) is 11.6. The standard InChI is InChI=1S/C13H16N4OS/c1-9-8-19-12(15-9)11-4-2-3-7-17(11)13(18)10-5-6-14-16-10/h5-6,8,11H,2-4,7H2,1H3,(H,14,16)/t11-/m1/s1. The largest absolute Gasteiger partial charge is 0.328 e. The third kappa shape index (κ3) is 2.40. The Morgan fingerprint density at radius 3 is 3.11 bits per heavy atom. The fraction of sp³-hybridized carbons (Fsp3) is 0.462. The molecule has 100 valence electrons. The minimum absolute atomic E-state index is 0.0232. The zero-order chi connectivity index (χ0) is 13.2. The molecule has 0 spiro atoms. The predicted octanol–water partition coefficient (Wildman–Crippen LogP) is 2.54. The van der Waals surface area contributed by atoms with E-state index in [1.54, 1.807) is 23.6 Å². The molecule has 1 fully saturated rings. The molecule has 1 N–H and O–H groups in total. The van der Waals surface area contributed by atoms with Gasteiger partial charge in [-0.05, 0) is 32.3 Å². The van der Waals surface area contributed by atoms with Crippen molar-refractivity contribution in [2.75, 3.05) is 6.54 Å². The van der Waals surface area contributed by atoms with Gasteiger partial charge in [-0.3, -0.25) is 9.89 Å². The molecule has 1 amide bonds. The molecule has 19 heavy (non-hydrogen) atoms. The number of piperidine rings is 1. The predicted molar refractivity (Wildman–Crippen MR) is 73.1 cm³/mol. The van der Waals surface area contributed by atoms with Crippen molar-refractivity contribution in [2.45, 2.75) is 32.2 Å². The number of H-pyrrole nitrogens is 1. The number of hydrogen-bond acceptors (Lipinski definition) is 4. The topological polar surface area (TPSA) is 61.9 Å². The van der Waals surface area contributed by atoms with Crippen molar-refractivity contribution in [1.82, 2.24) is 20.1 Å². The smallest absolute Gasteiger partial charge is 0.272 e. The van der Waals surface area contributed by atoms with Crippen molar-refractivity contribution in [3.8, 4) is 0 Å². The van der Waals surface area contributed by atoms with Gasteiger partial charge in [-0.25, -0.2) is 4.98 Å². The first-order chi connectivity index (χ1) is 9.25. The molecule has 3 heterocycles. The van der Waals surface area contributed by atoms with Crippen LogP contribution in [-0.2, 0) is 0 Å². The van der Waals surface area contributed by atoms with E-state index in [2.05, 4.69) is 15.2 Å². The average Bonchev–Trinajstić information content (AvgIpc) is 3.09. The van der Waals surface area contributed by atoms with Crippen LogP contribution < -0.4 is 0 Å². The van der Waals surface area contributed by atoms with Crippen molar-refractivity contribution >= 4 is 17.2 Å². The monoisotopic (exact) mass is 276 g/mol. The Labute approximate surface area is 115 Å². The van der Waals surface area contributed by atoms with E-state index < -0.39 is 0 Å². The second-order valence-corrected chi connectivity index (χ2v) is 5.70. The fourth-order valence-corrected chi connectivity index (χ4v) is 3.43. The zero-order valence-electron chi connectivity index (χ0n) is 10.8. The highest BCUT2D eigenvalue weighted by Gasteiger charge is 2.30. The Morgan fingerprint density at radius 2 is 2.42 bits per heavy atom. The maximum atomic E-state index is 12.5. The van der Waals surface area contributed by atoms with Crippen LogP contribution in [0.25, 0.3) is 0 Å². The number of carbonyl (C=O) groups is 1. The number of aromatic amines is 1. The van der Waals surface area contributed by atoms with E-state index >= 15 is 0 Å². The van der Waals surface area contributed by atoms with Gasteiger partial charge in [-0.1, -0.05) is 0 Å². The number of aromatic nitrogens is 3. The van der Waals surface area contributed by atoms with Crippen LogP contribution in [0.5, 0.6) is 0 Å². The molecule has 0 bridgehead atoms. The van der Waals surface area contributed by atoms with Crippen molar-refractivity contribution < 1.29 is 4.79 Å². The van der Waals surface area contributed by atoms with Crippen LogP contribution in [0.3, 0.4) is 0 Å². The Hall–Kier alpha value is -1.69. The Kier molecular flexibility index (Phi) is 3.33. The number of thiazole rings is 1.